The molecule has 3 nitrogen and oxygen atoms in total. The summed E-state index contributed by atoms with van der Waals surface area (Å²) >= 11 is 0. The number of nitrogens with zero attached hydrogens (tertiary/aromatic N) is 1. The maximum absolute atomic E-state index is 6.05. The van der Waals surface area contributed by atoms with Crippen molar-refractivity contribution < 1.29 is 4.74 Å². The van der Waals surface area contributed by atoms with Gasteiger partial charge in [0.15, 0.2) is 0 Å². The topological polar surface area (TPSA) is 24.5 Å². The lowest BCUT2D eigenvalue weighted by molar-refractivity contribution is 0.0799. The second-order valence-corrected chi connectivity index (χ2v) is 7.57. The number of rotatable bonds is 6. The average molecular weight is 326 g/mol. The molecule has 1 aromatic rings. The van der Waals surface area contributed by atoms with E-state index >= 15 is 0 Å². The standard InChI is InChI=1S/C21H30N2O/c1-2-14-24-20-9-4-3-8-18(20)21(17-6-5-7-17)22-19-15-23-12-10-16(19)11-13-23/h3-4,8-9,16,19,22H,2,5-7,10-15H2,1H3. The van der Waals surface area contributed by atoms with Crippen molar-refractivity contribution in [3.63, 3.8) is 0 Å². The molecule has 4 aliphatic rings. The number of piperidine rings is 3. The van der Waals surface area contributed by atoms with Gasteiger partial charge in [-0.25, -0.2) is 0 Å². The van der Waals surface area contributed by atoms with E-state index in [1.54, 1.807) is 5.57 Å². The monoisotopic (exact) mass is 326 g/mol. The lowest BCUT2D eigenvalue weighted by Gasteiger charge is -2.46. The lowest BCUT2D eigenvalue weighted by Crippen LogP contribution is -2.55. The van der Waals surface area contributed by atoms with Crippen LogP contribution in [0.4, 0.5) is 0 Å². The van der Waals surface area contributed by atoms with Crippen LogP contribution in [0.2, 0.25) is 0 Å². The van der Waals surface area contributed by atoms with Crippen molar-refractivity contribution in [1.82, 2.24) is 10.2 Å². The van der Waals surface area contributed by atoms with Gasteiger partial charge in [-0.1, -0.05) is 19.1 Å². The molecule has 4 fully saturated rings. The van der Waals surface area contributed by atoms with Crippen molar-refractivity contribution in [3.05, 3.63) is 35.4 Å². The summed E-state index contributed by atoms with van der Waals surface area (Å²) in [4.78, 5) is 2.63. The molecular formula is C21H30N2O. The van der Waals surface area contributed by atoms with Crippen molar-refractivity contribution in [2.24, 2.45) is 5.92 Å². The molecule has 1 aliphatic carbocycles. The summed E-state index contributed by atoms with van der Waals surface area (Å²) in [5.41, 5.74) is 4.25. The molecule has 0 spiro atoms. The predicted octanol–water partition coefficient (Wildman–Crippen LogP) is 4.05. The fraction of sp³-hybridized carbons (Fsp3) is 0.619. The molecule has 3 saturated heterocycles. The molecule has 5 rings (SSSR count). The van der Waals surface area contributed by atoms with Crippen LogP contribution in [0, 0.1) is 5.92 Å². The third-order valence-electron chi connectivity index (χ3n) is 5.91. The number of benzene rings is 1. The van der Waals surface area contributed by atoms with Crippen molar-refractivity contribution in [1.29, 1.82) is 0 Å². The van der Waals surface area contributed by atoms with Gasteiger partial charge in [0, 0.05) is 23.8 Å². The quantitative estimate of drug-likeness (QED) is 0.853. The fourth-order valence-electron chi connectivity index (χ4n) is 4.30. The first-order chi connectivity index (χ1) is 11.8. The minimum absolute atomic E-state index is 0.606. The summed E-state index contributed by atoms with van der Waals surface area (Å²) in [5, 5.41) is 3.98. The Labute approximate surface area is 146 Å². The largest absolute Gasteiger partial charge is 0.493 e. The van der Waals surface area contributed by atoms with Crippen LogP contribution in [0.15, 0.2) is 29.8 Å². The van der Waals surface area contributed by atoms with E-state index in [4.69, 9.17) is 4.74 Å². The zero-order valence-corrected chi connectivity index (χ0v) is 14.9. The van der Waals surface area contributed by atoms with Crippen molar-refractivity contribution >= 4 is 5.70 Å². The van der Waals surface area contributed by atoms with Crippen LogP contribution in [-0.2, 0) is 0 Å². The van der Waals surface area contributed by atoms with Gasteiger partial charge in [0.25, 0.3) is 0 Å². The molecule has 0 amide bonds. The highest BCUT2D eigenvalue weighted by atomic mass is 16.5. The first-order valence-corrected chi connectivity index (χ1v) is 9.78. The zero-order valence-electron chi connectivity index (χ0n) is 14.9. The molecule has 1 unspecified atom stereocenters. The molecule has 1 N–H and O–H groups in total. The van der Waals surface area contributed by atoms with Gasteiger partial charge in [0.1, 0.15) is 5.75 Å². The molecule has 24 heavy (non-hydrogen) atoms. The molecule has 0 radical (unpaired) electrons. The number of allylic oxidation sites excluding steroid dienone is 1. The van der Waals surface area contributed by atoms with Crippen LogP contribution >= 0.6 is 0 Å². The Balaban J connectivity index is 1.59. The second-order valence-electron chi connectivity index (χ2n) is 7.57. The van der Waals surface area contributed by atoms with E-state index in [-0.39, 0.29) is 0 Å². The third kappa shape index (κ3) is 3.19. The summed E-state index contributed by atoms with van der Waals surface area (Å²) in [6, 6.07) is 9.20. The molecule has 1 saturated carbocycles. The highest BCUT2D eigenvalue weighted by Gasteiger charge is 2.35. The summed E-state index contributed by atoms with van der Waals surface area (Å²) in [5.74, 6) is 1.89. The minimum atomic E-state index is 0.606. The van der Waals surface area contributed by atoms with Crippen molar-refractivity contribution in [2.75, 3.05) is 26.2 Å². The van der Waals surface area contributed by atoms with Crippen LogP contribution in [-0.4, -0.2) is 37.2 Å². The summed E-state index contributed by atoms with van der Waals surface area (Å²) in [6.07, 6.45) is 7.58. The normalized spacial score (nSPS) is 28.4. The Hall–Kier alpha value is -1.48. The van der Waals surface area contributed by atoms with Gasteiger partial charge >= 0.3 is 0 Å². The number of hydrogen-bond acceptors (Lipinski definition) is 3. The molecule has 3 heteroatoms. The van der Waals surface area contributed by atoms with Gasteiger partial charge in [-0.3, -0.25) is 0 Å². The summed E-state index contributed by atoms with van der Waals surface area (Å²) in [7, 11) is 0. The van der Waals surface area contributed by atoms with Gasteiger partial charge in [-0.15, -0.1) is 0 Å². The van der Waals surface area contributed by atoms with E-state index in [2.05, 4.69) is 41.4 Å². The Kier molecular flexibility index (Phi) is 4.79. The number of hydrogen-bond donors (Lipinski definition) is 1. The molecule has 2 bridgehead atoms. The van der Waals surface area contributed by atoms with E-state index in [0.717, 1.165) is 24.7 Å². The Morgan fingerprint density at radius 3 is 2.62 bits per heavy atom. The molecule has 1 aromatic carbocycles. The highest BCUT2D eigenvalue weighted by Crippen LogP contribution is 2.37. The molecular weight excluding hydrogens is 296 g/mol. The first-order valence-electron chi connectivity index (χ1n) is 9.78. The number of para-hydroxylation sites is 1. The number of ether oxygens (including phenoxy) is 1. The Morgan fingerprint density at radius 1 is 1.21 bits per heavy atom. The highest BCUT2D eigenvalue weighted by molar-refractivity contribution is 5.73. The summed E-state index contributed by atoms with van der Waals surface area (Å²) < 4.78 is 6.05. The van der Waals surface area contributed by atoms with Gasteiger partial charge in [-0.2, -0.15) is 0 Å². The fourth-order valence-corrected chi connectivity index (χ4v) is 4.30. The van der Waals surface area contributed by atoms with Crippen molar-refractivity contribution in [2.45, 2.75) is 51.5 Å². The molecule has 1 atom stereocenters. The zero-order chi connectivity index (χ0) is 16.4. The van der Waals surface area contributed by atoms with Crippen molar-refractivity contribution in [3.8, 4) is 5.75 Å². The Morgan fingerprint density at radius 2 is 2.00 bits per heavy atom. The van der Waals surface area contributed by atoms with Crippen LogP contribution in [0.5, 0.6) is 5.75 Å². The van der Waals surface area contributed by atoms with E-state index in [9.17, 15) is 0 Å². The minimum Gasteiger partial charge on any atom is -0.493 e. The molecule has 0 aromatic heterocycles. The van der Waals surface area contributed by atoms with Gasteiger partial charge in [0.2, 0.25) is 0 Å². The van der Waals surface area contributed by atoms with E-state index in [1.807, 2.05) is 0 Å². The summed E-state index contributed by atoms with van der Waals surface area (Å²) in [6.45, 7) is 6.76. The van der Waals surface area contributed by atoms with E-state index in [0.29, 0.717) is 6.04 Å². The number of nitrogens with one attached hydrogen (secondary N) is 1. The maximum atomic E-state index is 6.05. The number of fused-ring (bicyclic) bond motifs is 3. The molecule has 3 aliphatic heterocycles. The molecule has 130 valence electrons. The van der Waals surface area contributed by atoms with Crippen LogP contribution in [0.3, 0.4) is 0 Å². The second kappa shape index (κ2) is 7.18. The van der Waals surface area contributed by atoms with Gasteiger partial charge < -0.3 is 15.0 Å². The lowest BCUT2D eigenvalue weighted by atomic mass is 9.82. The SMILES string of the molecule is CCCOc1ccccc1C(NC1CN2CCC1CC2)=C1CCC1. The van der Waals surface area contributed by atoms with Crippen LogP contribution in [0.25, 0.3) is 5.70 Å². The Bertz CT molecular complexity index is 596. The third-order valence-corrected chi connectivity index (χ3v) is 5.91. The van der Waals surface area contributed by atoms with Crippen LogP contribution in [0.1, 0.15) is 51.0 Å². The van der Waals surface area contributed by atoms with E-state index < -0.39 is 0 Å². The smallest absolute Gasteiger partial charge is 0.128 e. The van der Waals surface area contributed by atoms with E-state index in [1.165, 1.54) is 63.0 Å². The van der Waals surface area contributed by atoms with Crippen LogP contribution < -0.4 is 10.1 Å². The molecule has 3 heterocycles. The average Bonchev–Trinajstić information content (AvgIpc) is 2.59. The first kappa shape index (κ1) is 16.0. The maximum Gasteiger partial charge on any atom is 0.128 e. The predicted molar refractivity (Wildman–Crippen MR) is 99.1 cm³/mol. The van der Waals surface area contributed by atoms with Gasteiger partial charge in [0.05, 0.1) is 6.61 Å². The van der Waals surface area contributed by atoms with Gasteiger partial charge in [-0.05, 0) is 75.2 Å².